The van der Waals surface area contributed by atoms with E-state index >= 15 is 0 Å². The molecule has 0 aliphatic heterocycles. The van der Waals surface area contributed by atoms with Crippen molar-refractivity contribution in [2.24, 2.45) is 10.2 Å². The van der Waals surface area contributed by atoms with E-state index in [-0.39, 0.29) is 16.9 Å². The number of benzene rings is 2. The van der Waals surface area contributed by atoms with Crippen LogP contribution >= 0.6 is 0 Å². The summed E-state index contributed by atoms with van der Waals surface area (Å²) in [4.78, 5) is 48.3. The Morgan fingerprint density at radius 2 is 1.68 bits per heavy atom. The van der Waals surface area contributed by atoms with Crippen LogP contribution < -0.4 is 16.2 Å². The number of nitrogens with one attached hydrogen (secondary N) is 3. The summed E-state index contributed by atoms with van der Waals surface area (Å²) in [7, 11) is 1.16. The second kappa shape index (κ2) is 11.5. The number of carbonyl (C=O) groups is 3. The van der Waals surface area contributed by atoms with Crippen LogP contribution in [-0.4, -0.2) is 47.3 Å². The molecule has 1 heterocycles. The molecule has 0 saturated heterocycles. The summed E-state index contributed by atoms with van der Waals surface area (Å²) in [6.45, 7) is 2.79. The van der Waals surface area contributed by atoms with Crippen molar-refractivity contribution in [1.82, 2.24) is 20.4 Å². The molecule has 3 rings (SSSR count). The Labute approximate surface area is 213 Å². The molecule has 0 aliphatic rings. The van der Waals surface area contributed by atoms with Gasteiger partial charge in [0.25, 0.3) is 11.5 Å². The Balaban J connectivity index is 1.78. The number of esters is 1. The summed E-state index contributed by atoms with van der Waals surface area (Å²) in [5.74, 6) is -1.97. The van der Waals surface area contributed by atoms with Gasteiger partial charge in [-0.2, -0.15) is 18.3 Å². The van der Waals surface area contributed by atoms with Crippen molar-refractivity contribution in [1.29, 1.82) is 0 Å². The maximum absolute atomic E-state index is 13.6. The smallest absolute Gasteiger partial charge is 0.435 e. The molecule has 1 atom stereocenters. The summed E-state index contributed by atoms with van der Waals surface area (Å²) >= 11 is 0. The average Bonchev–Trinajstić information content (AvgIpc) is 3.23. The van der Waals surface area contributed by atoms with E-state index in [4.69, 9.17) is 0 Å². The monoisotopic (exact) mass is 532 g/mol. The third-order valence-corrected chi connectivity index (χ3v) is 5.18. The molecule has 0 aliphatic carbocycles. The highest BCUT2D eigenvalue weighted by atomic mass is 19.4. The number of H-pyrrole nitrogens is 1. The van der Waals surface area contributed by atoms with E-state index in [9.17, 15) is 32.3 Å². The van der Waals surface area contributed by atoms with Crippen LogP contribution in [0.15, 0.2) is 63.6 Å². The highest BCUT2D eigenvalue weighted by molar-refractivity contribution is 5.97. The van der Waals surface area contributed by atoms with Crippen LogP contribution in [0.25, 0.3) is 5.69 Å². The van der Waals surface area contributed by atoms with E-state index in [2.05, 4.69) is 25.6 Å². The Hall–Kier alpha value is -4.75. The minimum Gasteiger partial charge on any atom is -0.467 e. The zero-order valence-corrected chi connectivity index (χ0v) is 20.4. The van der Waals surface area contributed by atoms with Gasteiger partial charge in [-0.1, -0.05) is 17.7 Å². The lowest BCUT2D eigenvalue weighted by atomic mass is 10.2. The van der Waals surface area contributed by atoms with E-state index in [0.717, 1.165) is 12.7 Å². The molecule has 3 aromatic rings. The summed E-state index contributed by atoms with van der Waals surface area (Å²) < 4.78 is 45.9. The summed E-state index contributed by atoms with van der Waals surface area (Å²) in [5, 5.41) is 14.0. The van der Waals surface area contributed by atoms with E-state index < -0.39 is 53.5 Å². The van der Waals surface area contributed by atoms with Gasteiger partial charge in [0, 0.05) is 5.56 Å². The zero-order valence-electron chi connectivity index (χ0n) is 20.4. The predicted molar refractivity (Wildman–Crippen MR) is 129 cm³/mol. The van der Waals surface area contributed by atoms with Crippen LogP contribution in [0.2, 0.25) is 0 Å². The van der Waals surface area contributed by atoms with Crippen molar-refractivity contribution < 1.29 is 32.3 Å². The number of methoxy groups -OCH3 is 1. The number of azo groups is 1. The number of aromatic amines is 1. The Morgan fingerprint density at radius 3 is 2.26 bits per heavy atom. The zero-order chi connectivity index (χ0) is 28.0. The van der Waals surface area contributed by atoms with Gasteiger partial charge in [0.1, 0.15) is 6.04 Å². The first-order valence-corrected chi connectivity index (χ1v) is 11.1. The summed E-state index contributed by atoms with van der Waals surface area (Å²) in [6, 6.07) is 10.6. The first kappa shape index (κ1) is 27.8. The quantitative estimate of drug-likeness (QED) is 0.301. The first-order valence-electron chi connectivity index (χ1n) is 11.1. The van der Waals surface area contributed by atoms with E-state index in [0.29, 0.717) is 4.68 Å². The lowest BCUT2D eigenvalue weighted by Crippen LogP contribution is -2.44. The van der Waals surface area contributed by atoms with Crippen LogP contribution in [0.4, 0.5) is 24.5 Å². The number of alkyl halides is 3. The molecule has 2 aromatic carbocycles. The highest BCUT2D eigenvalue weighted by Crippen LogP contribution is 2.34. The van der Waals surface area contributed by atoms with Crippen LogP contribution in [0.3, 0.4) is 0 Å². The first-order chi connectivity index (χ1) is 17.9. The third-order valence-electron chi connectivity index (χ3n) is 5.18. The van der Waals surface area contributed by atoms with Gasteiger partial charge < -0.3 is 15.4 Å². The molecule has 0 saturated carbocycles. The van der Waals surface area contributed by atoms with Crippen molar-refractivity contribution >= 4 is 29.2 Å². The van der Waals surface area contributed by atoms with Gasteiger partial charge >= 0.3 is 12.1 Å². The Kier molecular flexibility index (Phi) is 8.45. The topological polar surface area (TPSA) is 147 Å². The fraction of sp³-hybridized carbons (Fsp3) is 0.250. The van der Waals surface area contributed by atoms with Crippen LogP contribution in [0.1, 0.15) is 28.5 Å². The number of hydrogen-bond acceptors (Lipinski definition) is 7. The summed E-state index contributed by atoms with van der Waals surface area (Å²) in [5.41, 5.74) is -2.16. The molecule has 3 N–H and O–H groups in total. The van der Waals surface area contributed by atoms with Gasteiger partial charge in [-0.25, -0.2) is 9.48 Å². The normalized spacial score (nSPS) is 12.3. The van der Waals surface area contributed by atoms with Gasteiger partial charge in [-0.05, 0) is 50.2 Å². The molecule has 0 fully saturated rings. The number of ether oxygens (including phenoxy) is 1. The number of aryl methyl sites for hydroxylation is 1. The van der Waals surface area contributed by atoms with Crippen LogP contribution in [0, 0.1) is 6.92 Å². The molecule has 0 spiro atoms. The van der Waals surface area contributed by atoms with Gasteiger partial charge in [-0.3, -0.25) is 19.5 Å². The molecular weight excluding hydrogens is 509 g/mol. The molecule has 38 heavy (non-hydrogen) atoms. The number of carbonyl (C=O) groups excluding carboxylic acids is 3. The molecule has 1 aromatic heterocycles. The third kappa shape index (κ3) is 6.72. The maximum Gasteiger partial charge on any atom is 0.435 e. The molecule has 14 heteroatoms. The molecule has 11 nitrogen and oxygen atoms in total. The number of rotatable bonds is 8. The lowest BCUT2D eigenvalue weighted by molar-refractivity contribution is -0.144. The summed E-state index contributed by atoms with van der Waals surface area (Å²) in [6.07, 6.45) is -4.92. The number of aromatic nitrogens is 2. The van der Waals surface area contributed by atoms with Crippen molar-refractivity contribution in [3.63, 3.8) is 0 Å². The van der Waals surface area contributed by atoms with Gasteiger partial charge in [-0.15, -0.1) is 5.11 Å². The Morgan fingerprint density at radius 1 is 1.05 bits per heavy atom. The number of nitrogens with zero attached hydrogens (tertiary/aromatic N) is 3. The second-order valence-electron chi connectivity index (χ2n) is 8.05. The van der Waals surface area contributed by atoms with E-state index in [1.165, 1.54) is 31.2 Å². The molecule has 0 radical (unpaired) electrons. The number of amides is 2. The maximum atomic E-state index is 13.6. The predicted octanol–water partition coefficient (Wildman–Crippen LogP) is 3.32. The minimum atomic E-state index is -4.92. The highest BCUT2D eigenvalue weighted by Gasteiger charge is 2.38. The van der Waals surface area contributed by atoms with Crippen LogP contribution in [0.5, 0.6) is 0 Å². The fourth-order valence-corrected chi connectivity index (χ4v) is 3.17. The SMILES string of the molecule is COC(=O)[C@@H](C)NC(=O)CNC(=O)c1ccc(-n2[nH]c(C(F)(F)F)c(N=Nc3ccc(C)cc3)c2=O)cc1. The number of halogens is 3. The van der Waals surface area contributed by atoms with Crippen molar-refractivity contribution in [2.75, 3.05) is 13.7 Å². The lowest BCUT2D eigenvalue weighted by Gasteiger charge is -2.12. The largest absolute Gasteiger partial charge is 0.467 e. The standard InChI is InChI=1S/C24H23F3N6O5/c1-13-4-8-16(9-5-13)30-31-19-20(24(25,26)27)32-33(22(19)36)17-10-6-15(7-11-17)21(35)28-12-18(34)29-14(2)23(37)38-3/h4-11,14,32H,12H2,1-3H3,(H,28,35)(H,29,34)/t14-/m1/s1. The van der Waals surface area contributed by atoms with Gasteiger partial charge in [0.2, 0.25) is 5.91 Å². The van der Waals surface area contributed by atoms with Gasteiger partial charge in [0.15, 0.2) is 11.4 Å². The molecule has 0 unspecified atom stereocenters. The Bertz CT molecular complexity index is 1410. The van der Waals surface area contributed by atoms with Gasteiger partial charge in [0.05, 0.1) is 25.0 Å². The van der Waals surface area contributed by atoms with Crippen molar-refractivity contribution in [3.05, 3.63) is 75.7 Å². The average molecular weight is 532 g/mol. The fourth-order valence-electron chi connectivity index (χ4n) is 3.17. The second-order valence-corrected chi connectivity index (χ2v) is 8.05. The molecule has 0 bridgehead atoms. The molecule has 200 valence electrons. The van der Waals surface area contributed by atoms with E-state index in [1.54, 1.807) is 24.3 Å². The number of hydrogen-bond donors (Lipinski definition) is 3. The van der Waals surface area contributed by atoms with Crippen molar-refractivity contribution in [2.45, 2.75) is 26.1 Å². The van der Waals surface area contributed by atoms with Crippen LogP contribution in [-0.2, 0) is 20.5 Å². The molecule has 2 amide bonds. The molecular formula is C24H23F3N6O5. The van der Waals surface area contributed by atoms with Crippen molar-refractivity contribution in [3.8, 4) is 5.69 Å². The minimum absolute atomic E-state index is 0.00141. The van der Waals surface area contributed by atoms with E-state index in [1.807, 2.05) is 12.0 Å².